The van der Waals surface area contributed by atoms with Gasteiger partial charge in [-0.25, -0.2) is 8.42 Å². The smallest absolute Gasteiger partial charge is 0.224 e. The molecular formula is C20H27N3O4S. The zero-order valence-corrected chi connectivity index (χ0v) is 17.0. The zero-order chi connectivity index (χ0) is 19.7. The van der Waals surface area contributed by atoms with Crippen molar-refractivity contribution in [3.63, 3.8) is 0 Å². The van der Waals surface area contributed by atoms with Crippen molar-refractivity contribution < 1.29 is 17.9 Å². The van der Waals surface area contributed by atoms with Crippen LogP contribution in [0, 0.1) is 0 Å². The number of sulfone groups is 1. The maximum Gasteiger partial charge on any atom is 0.224 e. The Morgan fingerprint density at radius 2 is 1.96 bits per heavy atom. The minimum absolute atomic E-state index is 0.128. The number of fused-ring (bicyclic) bond motifs is 1. The number of ether oxygens (including phenoxy) is 1. The summed E-state index contributed by atoms with van der Waals surface area (Å²) in [4.78, 5) is 16.8. The summed E-state index contributed by atoms with van der Waals surface area (Å²) in [5.41, 5.74) is 1.07. The Kier molecular flexibility index (Phi) is 5.33. The molecule has 8 heteroatoms. The molecule has 0 aliphatic carbocycles. The van der Waals surface area contributed by atoms with Crippen LogP contribution < -0.4 is 4.74 Å². The van der Waals surface area contributed by atoms with Gasteiger partial charge in [-0.05, 0) is 24.6 Å². The molecule has 0 saturated carbocycles. The third-order valence-corrected chi connectivity index (χ3v) is 7.70. The van der Waals surface area contributed by atoms with E-state index in [2.05, 4.69) is 9.47 Å². The van der Waals surface area contributed by atoms with Crippen LogP contribution in [-0.4, -0.2) is 79.5 Å². The van der Waals surface area contributed by atoms with Gasteiger partial charge in [0.1, 0.15) is 5.75 Å². The van der Waals surface area contributed by atoms with E-state index in [1.165, 1.54) is 0 Å². The van der Waals surface area contributed by atoms with Crippen molar-refractivity contribution in [2.45, 2.75) is 25.4 Å². The Morgan fingerprint density at radius 3 is 2.64 bits per heavy atom. The molecule has 4 rings (SSSR count). The third kappa shape index (κ3) is 3.89. The van der Waals surface area contributed by atoms with Gasteiger partial charge in [0.05, 0.1) is 24.1 Å². The fraction of sp³-hybridized carbons (Fsp3) is 0.550. The number of aryl methyl sites for hydroxylation is 1. The van der Waals surface area contributed by atoms with Gasteiger partial charge in [0.2, 0.25) is 5.91 Å². The highest BCUT2D eigenvalue weighted by Crippen LogP contribution is 2.26. The predicted octanol–water partition coefficient (Wildman–Crippen LogP) is 1.37. The maximum absolute atomic E-state index is 12.7. The van der Waals surface area contributed by atoms with Crippen LogP contribution in [0.15, 0.2) is 30.5 Å². The molecule has 0 spiro atoms. The molecule has 3 heterocycles. The van der Waals surface area contributed by atoms with Crippen LogP contribution >= 0.6 is 0 Å². The van der Waals surface area contributed by atoms with Crippen molar-refractivity contribution in [3.8, 4) is 5.75 Å². The molecule has 0 N–H and O–H groups in total. The van der Waals surface area contributed by atoms with E-state index in [9.17, 15) is 13.2 Å². The molecule has 1 aromatic heterocycles. The molecule has 2 fully saturated rings. The molecule has 1 amide bonds. The fourth-order valence-electron chi connectivity index (χ4n) is 4.34. The Morgan fingerprint density at radius 1 is 1.18 bits per heavy atom. The lowest BCUT2D eigenvalue weighted by atomic mass is 10.2. The van der Waals surface area contributed by atoms with Gasteiger partial charge in [0.25, 0.3) is 0 Å². The summed E-state index contributed by atoms with van der Waals surface area (Å²) in [5, 5.41) is 1.05. The van der Waals surface area contributed by atoms with Gasteiger partial charge in [0.15, 0.2) is 9.84 Å². The normalized spacial score (nSPS) is 22.6. The number of hydrogen-bond donors (Lipinski definition) is 0. The summed E-state index contributed by atoms with van der Waals surface area (Å²) in [6, 6.07) is 8.09. The van der Waals surface area contributed by atoms with Crippen LogP contribution in [0.1, 0.15) is 12.8 Å². The van der Waals surface area contributed by atoms with Gasteiger partial charge >= 0.3 is 0 Å². The average molecular weight is 406 g/mol. The summed E-state index contributed by atoms with van der Waals surface area (Å²) in [5.74, 6) is 1.56. The van der Waals surface area contributed by atoms with Crippen LogP contribution in [0.3, 0.4) is 0 Å². The first-order chi connectivity index (χ1) is 13.5. The Labute approximate surface area is 165 Å². The zero-order valence-electron chi connectivity index (χ0n) is 16.2. The second-order valence-electron chi connectivity index (χ2n) is 7.63. The maximum atomic E-state index is 12.7. The molecule has 2 aromatic rings. The van der Waals surface area contributed by atoms with Gasteiger partial charge in [0, 0.05) is 56.8 Å². The third-order valence-electron chi connectivity index (χ3n) is 5.95. The fourth-order valence-corrected chi connectivity index (χ4v) is 6.10. The van der Waals surface area contributed by atoms with E-state index in [-0.39, 0.29) is 17.7 Å². The highest BCUT2D eigenvalue weighted by atomic mass is 32.2. The Balaban J connectivity index is 1.31. The molecule has 1 atom stereocenters. The first kappa shape index (κ1) is 19.3. The van der Waals surface area contributed by atoms with Crippen LogP contribution in [0.25, 0.3) is 10.9 Å². The van der Waals surface area contributed by atoms with Crippen molar-refractivity contribution in [3.05, 3.63) is 30.5 Å². The first-order valence-corrected chi connectivity index (χ1v) is 11.6. The number of nitrogens with zero attached hydrogens (tertiary/aromatic N) is 3. The summed E-state index contributed by atoms with van der Waals surface area (Å²) in [6.45, 7) is 3.51. The molecular weight excluding hydrogens is 378 g/mol. The minimum atomic E-state index is -2.87. The number of methoxy groups -OCH3 is 1. The highest BCUT2D eigenvalue weighted by molar-refractivity contribution is 7.91. The van der Waals surface area contributed by atoms with E-state index in [1.807, 2.05) is 35.4 Å². The number of benzene rings is 1. The predicted molar refractivity (Wildman–Crippen MR) is 108 cm³/mol. The SMILES string of the molecule is COc1cccc2c1ccn2CCC(=O)N1CCN(C2CCS(=O)(=O)C2)CC1. The Hall–Kier alpha value is -2.06. The van der Waals surface area contributed by atoms with E-state index in [4.69, 9.17) is 4.74 Å². The first-order valence-electron chi connectivity index (χ1n) is 9.81. The summed E-state index contributed by atoms with van der Waals surface area (Å²) < 4.78 is 30.9. The number of amides is 1. The van der Waals surface area contributed by atoms with E-state index in [1.54, 1.807) is 7.11 Å². The van der Waals surface area contributed by atoms with Crippen molar-refractivity contribution in [1.82, 2.24) is 14.4 Å². The molecule has 2 aliphatic rings. The quantitative estimate of drug-likeness (QED) is 0.751. The Bertz CT molecular complexity index is 961. The van der Waals surface area contributed by atoms with Crippen molar-refractivity contribution in [1.29, 1.82) is 0 Å². The molecule has 7 nitrogen and oxygen atoms in total. The molecule has 2 aliphatic heterocycles. The van der Waals surface area contributed by atoms with Gasteiger partial charge < -0.3 is 14.2 Å². The van der Waals surface area contributed by atoms with Crippen LogP contribution in [0.2, 0.25) is 0 Å². The lowest BCUT2D eigenvalue weighted by Gasteiger charge is -2.37. The number of carbonyl (C=O) groups is 1. The number of aromatic nitrogens is 1. The van der Waals surface area contributed by atoms with Crippen LogP contribution in [0.4, 0.5) is 0 Å². The van der Waals surface area contributed by atoms with Crippen molar-refractivity contribution in [2.24, 2.45) is 0 Å². The lowest BCUT2D eigenvalue weighted by Crippen LogP contribution is -2.52. The van der Waals surface area contributed by atoms with Crippen LogP contribution in [0.5, 0.6) is 5.75 Å². The highest BCUT2D eigenvalue weighted by Gasteiger charge is 2.34. The summed E-state index contributed by atoms with van der Waals surface area (Å²) >= 11 is 0. The molecule has 1 unspecified atom stereocenters. The van der Waals surface area contributed by atoms with Gasteiger partial charge in [-0.15, -0.1) is 0 Å². The number of rotatable bonds is 5. The van der Waals surface area contributed by atoms with Crippen LogP contribution in [-0.2, 0) is 21.2 Å². The van der Waals surface area contributed by atoms with E-state index in [0.717, 1.165) is 36.2 Å². The standard InChI is InChI=1S/C20H27N3O4S/c1-27-19-4-2-3-18-17(19)5-8-22(18)9-6-20(24)23-12-10-21(11-13-23)16-7-14-28(25,26)15-16/h2-5,8,16H,6-7,9-15H2,1H3. The molecule has 0 bridgehead atoms. The summed E-state index contributed by atoms with van der Waals surface area (Å²) in [6.07, 6.45) is 3.18. The van der Waals surface area contributed by atoms with E-state index in [0.29, 0.717) is 31.8 Å². The number of hydrogen-bond acceptors (Lipinski definition) is 5. The lowest BCUT2D eigenvalue weighted by molar-refractivity contribution is -0.133. The average Bonchev–Trinajstić information content (AvgIpc) is 3.29. The summed E-state index contributed by atoms with van der Waals surface area (Å²) in [7, 11) is -1.20. The molecule has 0 radical (unpaired) electrons. The number of carbonyl (C=O) groups excluding carboxylic acids is 1. The van der Waals surface area contributed by atoms with Crippen molar-refractivity contribution >= 4 is 26.6 Å². The largest absolute Gasteiger partial charge is 0.496 e. The van der Waals surface area contributed by atoms with Gasteiger partial charge in [-0.3, -0.25) is 9.69 Å². The van der Waals surface area contributed by atoms with Gasteiger partial charge in [-0.2, -0.15) is 0 Å². The molecule has 1 aromatic carbocycles. The second kappa shape index (κ2) is 7.75. The monoisotopic (exact) mass is 405 g/mol. The molecule has 2 saturated heterocycles. The van der Waals surface area contributed by atoms with E-state index < -0.39 is 9.84 Å². The minimum Gasteiger partial charge on any atom is -0.496 e. The van der Waals surface area contributed by atoms with Gasteiger partial charge in [-0.1, -0.05) is 6.07 Å². The topological polar surface area (TPSA) is 71.8 Å². The van der Waals surface area contributed by atoms with E-state index >= 15 is 0 Å². The molecule has 152 valence electrons. The number of piperazine rings is 1. The molecule has 28 heavy (non-hydrogen) atoms. The van der Waals surface area contributed by atoms with Crippen molar-refractivity contribution in [2.75, 3.05) is 44.8 Å². The second-order valence-corrected chi connectivity index (χ2v) is 9.85.